The Morgan fingerprint density at radius 3 is 2.41 bits per heavy atom. The summed E-state index contributed by atoms with van der Waals surface area (Å²) in [5, 5.41) is 11.6. The van der Waals surface area contributed by atoms with Gasteiger partial charge in [0, 0.05) is 37.8 Å². The van der Waals surface area contributed by atoms with Gasteiger partial charge in [0.05, 0.1) is 12.1 Å². The van der Waals surface area contributed by atoms with Crippen molar-refractivity contribution < 1.29 is 9.21 Å². The number of amides is 1. The first kappa shape index (κ1) is 18.1. The normalized spacial score (nSPS) is 21.0. The quantitative estimate of drug-likeness (QED) is 0.840. The van der Waals surface area contributed by atoms with Gasteiger partial charge in [0.1, 0.15) is 0 Å². The summed E-state index contributed by atoms with van der Waals surface area (Å²) in [6, 6.07) is 10.2. The largest absolute Gasteiger partial charge is 0.419 e. The highest BCUT2D eigenvalue weighted by atomic mass is 16.4. The van der Waals surface area contributed by atoms with E-state index in [2.05, 4.69) is 32.2 Å². The zero-order valence-corrected chi connectivity index (χ0v) is 16.0. The van der Waals surface area contributed by atoms with Crippen molar-refractivity contribution in [2.45, 2.75) is 44.8 Å². The van der Waals surface area contributed by atoms with E-state index in [0.29, 0.717) is 17.8 Å². The van der Waals surface area contributed by atoms with E-state index >= 15 is 0 Å². The number of hydrogen-bond donors (Lipinski definition) is 1. The van der Waals surface area contributed by atoms with E-state index in [-0.39, 0.29) is 18.0 Å². The average Bonchev–Trinajstić information content (AvgIpc) is 3.39. The first-order valence-corrected chi connectivity index (χ1v) is 9.79. The molecule has 7 heteroatoms. The standard InChI is InChI=1S/C20H27N5O2/c1-14(18(26)21-17-8-9-17)24-10-12-25(13-11-24)15(2)19-22-23-20(27-19)16-6-4-3-5-7-16/h3-7,14-15,17H,8-13H2,1-2H3,(H,21,26). The molecule has 1 amide bonds. The van der Waals surface area contributed by atoms with Gasteiger partial charge in [-0.2, -0.15) is 0 Å². The maximum absolute atomic E-state index is 12.3. The van der Waals surface area contributed by atoms with Gasteiger partial charge in [-0.15, -0.1) is 10.2 Å². The third-order valence-corrected chi connectivity index (χ3v) is 5.57. The Kier molecular flexibility index (Phi) is 5.22. The summed E-state index contributed by atoms with van der Waals surface area (Å²) in [7, 11) is 0. The van der Waals surface area contributed by atoms with Crippen LogP contribution >= 0.6 is 0 Å². The van der Waals surface area contributed by atoms with Crippen LogP contribution in [0.25, 0.3) is 11.5 Å². The fraction of sp³-hybridized carbons (Fsp3) is 0.550. The molecule has 2 fully saturated rings. The Bertz CT molecular complexity index is 766. The molecule has 1 aliphatic heterocycles. The van der Waals surface area contributed by atoms with E-state index in [4.69, 9.17) is 4.42 Å². The van der Waals surface area contributed by atoms with Crippen LogP contribution in [0.15, 0.2) is 34.7 Å². The second kappa shape index (κ2) is 7.78. The van der Waals surface area contributed by atoms with E-state index in [1.807, 2.05) is 37.3 Å². The number of nitrogens with one attached hydrogen (secondary N) is 1. The smallest absolute Gasteiger partial charge is 0.247 e. The summed E-state index contributed by atoms with van der Waals surface area (Å²) in [5.74, 6) is 1.35. The van der Waals surface area contributed by atoms with Crippen molar-refractivity contribution in [2.24, 2.45) is 0 Å². The molecule has 1 saturated carbocycles. The van der Waals surface area contributed by atoms with Crippen LogP contribution < -0.4 is 5.32 Å². The molecular weight excluding hydrogens is 342 g/mol. The SMILES string of the molecule is CC(C(=O)NC1CC1)N1CCN(C(C)c2nnc(-c3ccccc3)o2)CC1. The number of piperazine rings is 1. The van der Waals surface area contributed by atoms with Crippen molar-refractivity contribution in [3.63, 3.8) is 0 Å². The molecular formula is C20H27N5O2. The maximum atomic E-state index is 12.3. The second-order valence-corrected chi connectivity index (χ2v) is 7.52. The molecule has 0 radical (unpaired) electrons. The van der Waals surface area contributed by atoms with Crippen LogP contribution in [-0.4, -0.2) is 64.2 Å². The molecule has 2 unspecified atom stereocenters. The Morgan fingerprint density at radius 2 is 1.74 bits per heavy atom. The molecule has 1 aromatic heterocycles. The molecule has 1 aliphatic carbocycles. The molecule has 1 aromatic carbocycles. The van der Waals surface area contributed by atoms with Crippen molar-refractivity contribution in [3.8, 4) is 11.5 Å². The minimum absolute atomic E-state index is 0.0627. The number of carbonyl (C=O) groups is 1. The van der Waals surface area contributed by atoms with E-state index in [0.717, 1.165) is 44.6 Å². The summed E-state index contributed by atoms with van der Waals surface area (Å²) >= 11 is 0. The average molecular weight is 369 g/mol. The molecule has 1 N–H and O–H groups in total. The number of benzene rings is 1. The molecule has 0 bridgehead atoms. The zero-order chi connectivity index (χ0) is 18.8. The number of aromatic nitrogens is 2. The molecule has 4 rings (SSSR count). The molecule has 27 heavy (non-hydrogen) atoms. The molecule has 2 aromatic rings. The minimum atomic E-state index is -0.0730. The lowest BCUT2D eigenvalue weighted by atomic mass is 10.2. The summed E-state index contributed by atoms with van der Waals surface area (Å²) < 4.78 is 5.91. The molecule has 1 saturated heterocycles. The number of nitrogens with zero attached hydrogens (tertiary/aromatic N) is 4. The van der Waals surface area contributed by atoms with Gasteiger partial charge in [-0.05, 0) is 38.8 Å². The summed E-state index contributed by atoms with van der Waals surface area (Å²) in [6.45, 7) is 7.59. The van der Waals surface area contributed by atoms with Crippen LogP contribution in [0.4, 0.5) is 0 Å². The number of rotatable bonds is 6. The van der Waals surface area contributed by atoms with E-state index in [1.54, 1.807) is 0 Å². The Balaban J connectivity index is 1.32. The predicted octanol–water partition coefficient (Wildman–Crippen LogP) is 2.08. The topological polar surface area (TPSA) is 74.5 Å². The van der Waals surface area contributed by atoms with Crippen LogP contribution in [0.2, 0.25) is 0 Å². The number of hydrogen-bond acceptors (Lipinski definition) is 6. The molecule has 7 nitrogen and oxygen atoms in total. The lowest BCUT2D eigenvalue weighted by molar-refractivity contribution is -0.126. The molecule has 0 spiro atoms. The lowest BCUT2D eigenvalue weighted by Gasteiger charge is -2.39. The molecule has 144 valence electrons. The van der Waals surface area contributed by atoms with Crippen LogP contribution in [0, 0.1) is 0 Å². The Labute approximate surface area is 159 Å². The van der Waals surface area contributed by atoms with Gasteiger partial charge in [0.25, 0.3) is 0 Å². The van der Waals surface area contributed by atoms with Crippen molar-refractivity contribution in [1.82, 2.24) is 25.3 Å². The Hall–Kier alpha value is -2.25. The van der Waals surface area contributed by atoms with Crippen molar-refractivity contribution in [1.29, 1.82) is 0 Å². The Morgan fingerprint density at radius 1 is 1.07 bits per heavy atom. The predicted molar refractivity (Wildman–Crippen MR) is 102 cm³/mol. The zero-order valence-electron chi connectivity index (χ0n) is 16.0. The van der Waals surface area contributed by atoms with E-state index < -0.39 is 0 Å². The highest BCUT2D eigenvalue weighted by Gasteiger charge is 2.32. The minimum Gasteiger partial charge on any atom is -0.419 e. The third kappa shape index (κ3) is 4.20. The summed E-state index contributed by atoms with van der Waals surface area (Å²) in [4.78, 5) is 16.9. The van der Waals surface area contributed by atoms with E-state index in [9.17, 15) is 4.79 Å². The maximum Gasteiger partial charge on any atom is 0.247 e. The van der Waals surface area contributed by atoms with Gasteiger partial charge in [0.15, 0.2) is 0 Å². The van der Waals surface area contributed by atoms with Crippen LogP contribution in [0.3, 0.4) is 0 Å². The highest BCUT2D eigenvalue weighted by molar-refractivity contribution is 5.81. The fourth-order valence-corrected chi connectivity index (χ4v) is 3.48. The van der Waals surface area contributed by atoms with E-state index in [1.165, 1.54) is 0 Å². The van der Waals surface area contributed by atoms with Crippen LogP contribution in [0.1, 0.15) is 38.6 Å². The van der Waals surface area contributed by atoms with Gasteiger partial charge >= 0.3 is 0 Å². The van der Waals surface area contributed by atoms with Crippen LogP contribution in [0.5, 0.6) is 0 Å². The second-order valence-electron chi connectivity index (χ2n) is 7.52. The third-order valence-electron chi connectivity index (χ3n) is 5.57. The van der Waals surface area contributed by atoms with Gasteiger partial charge < -0.3 is 9.73 Å². The lowest BCUT2D eigenvalue weighted by Crippen LogP contribution is -2.54. The fourth-order valence-electron chi connectivity index (χ4n) is 3.48. The summed E-state index contributed by atoms with van der Waals surface area (Å²) in [6.07, 6.45) is 2.25. The first-order valence-electron chi connectivity index (χ1n) is 9.79. The first-order chi connectivity index (χ1) is 13.1. The molecule has 2 heterocycles. The van der Waals surface area contributed by atoms with Gasteiger partial charge in [-0.1, -0.05) is 18.2 Å². The number of carbonyl (C=O) groups excluding carboxylic acids is 1. The monoisotopic (exact) mass is 369 g/mol. The van der Waals surface area contributed by atoms with Crippen molar-refractivity contribution in [2.75, 3.05) is 26.2 Å². The highest BCUT2D eigenvalue weighted by Crippen LogP contribution is 2.25. The molecule has 2 aliphatic rings. The van der Waals surface area contributed by atoms with Gasteiger partial charge in [-0.25, -0.2) is 0 Å². The van der Waals surface area contributed by atoms with Crippen molar-refractivity contribution >= 4 is 5.91 Å². The summed E-state index contributed by atoms with van der Waals surface area (Å²) in [5.41, 5.74) is 0.934. The van der Waals surface area contributed by atoms with Gasteiger partial charge in [0.2, 0.25) is 17.7 Å². The van der Waals surface area contributed by atoms with Gasteiger partial charge in [-0.3, -0.25) is 14.6 Å². The van der Waals surface area contributed by atoms with Crippen LogP contribution in [-0.2, 0) is 4.79 Å². The molecule has 2 atom stereocenters. The van der Waals surface area contributed by atoms with Crippen molar-refractivity contribution in [3.05, 3.63) is 36.2 Å².